The van der Waals surface area contributed by atoms with Gasteiger partial charge >= 0.3 is 0 Å². The fourth-order valence-electron chi connectivity index (χ4n) is 1.76. The number of hydrogen-bond acceptors (Lipinski definition) is 5. The summed E-state index contributed by atoms with van der Waals surface area (Å²) in [4.78, 5) is 10.8. The smallest absolute Gasteiger partial charge is 0.255 e. The van der Waals surface area contributed by atoms with Gasteiger partial charge in [-0.1, -0.05) is 23.7 Å². The molecule has 2 rings (SSSR count). The number of nitrogens with zero attached hydrogens (tertiary/aromatic N) is 1. The summed E-state index contributed by atoms with van der Waals surface area (Å²) < 4.78 is 10.5. The monoisotopic (exact) mass is 333 g/mol. The second-order valence-electron chi connectivity index (χ2n) is 4.52. The second-order valence-corrected chi connectivity index (χ2v) is 4.92. The molecule has 7 heteroatoms. The van der Waals surface area contributed by atoms with Crippen LogP contribution in [-0.2, 0) is 4.79 Å². The highest BCUT2D eigenvalue weighted by Crippen LogP contribution is 2.27. The van der Waals surface area contributed by atoms with Gasteiger partial charge in [-0.3, -0.25) is 10.2 Å². The molecule has 6 nitrogen and oxygen atoms in total. The second kappa shape index (κ2) is 8.05. The van der Waals surface area contributed by atoms with Gasteiger partial charge in [0.15, 0.2) is 18.1 Å². The van der Waals surface area contributed by atoms with Crippen molar-refractivity contribution >= 4 is 29.4 Å². The zero-order valence-corrected chi connectivity index (χ0v) is 13.2. The van der Waals surface area contributed by atoms with Gasteiger partial charge in [-0.25, -0.2) is 0 Å². The Morgan fingerprint density at radius 3 is 2.78 bits per heavy atom. The molecule has 1 amide bonds. The number of amides is 1. The van der Waals surface area contributed by atoms with Crippen molar-refractivity contribution in [3.8, 4) is 11.5 Å². The maximum Gasteiger partial charge on any atom is 0.255 e. The van der Waals surface area contributed by atoms with E-state index in [1.165, 1.54) is 7.11 Å². The number of benzene rings is 2. The zero-order chi connectivity index (χ0) is 16.7. The normalized spacial score (nSPS) is 10.5. The van der Waals surface area contributed by atoms with Crippen LogP contribution in [0.15, 0.2) is 47.6 Å². The van der Waals surface area contributed by atoms with Gasteiger partial charge in [0.05, 0.1) is 24.0 Å². The van der Waals surface area contributed by atoms with Crippen LogP contribution in [0.4, 0.5) is 5.69 Å². The molecule has 0 spiro atoms. The van der Waals surface area contributed by atoms with Crippen LogP contribution in [0.25, 0.3) is 0 Å². The summed E-state index contributed by atoms with van der Waals surface area (Å²) in [6.45, 7) is -0.210. The van der Waals surface area contributed by atoms with E-state index in [1.54, 1.807) is 30.5 Å². The average molecular weight is 334 g/mol. The summed E-state index contributed by atoms with van der Waals surface area (Å²) >= 11 is 6.02. The van der Waals surface area contributed by atoms with Crippen molar-refractivity contribution in [2.24, 2.45) is 10.8 Å². The lowest BCUT2D eigenvalue weighted by atomic mass is 10.2. The van der Waals surface area contributed by atoms with Gasteiger partial charge in [-0.15, -0.1) is 0 Å². The number of rotatable bonds is 7. The largest absolute Gasteiger partial charge is 0.493 e. The van der Waals surface area contributed by atoms with Gasteiger partial charge in [0.25, 0.3) is 5.91 Å². The first kappa shape index (κ1) is 16.6. The van der Waals surface area contributed by atoms with Crippen LogP contribution in [-0.4, -0.2) is 25.8 Å². The van der Waals surface area contributed by atoms with E-state index < -0.39 is 5.91 Å². The molecule has 2 aromatic rings. The van der Waals surface area contributed by atoms with Crippen LogP contribution in [0.5, 0.6) is 11.5 Å². The Bertz CT molecular complexity index is 719. The van der Waals surface area contributed by atoms with E-state index in [-0.39, 0.29) is 6.61 Å². The highest BCUT2D eigenvalue weighted by Gasteiger charge is 2.06. The minimum absolute atomic E-state index is 0.210. The molecule has 0 heterocycles. The lowest BCUT2D eigenvalue weighted by molar-refractivity contribution is -0.119. The summed E-state index contributed by atoms with van der Waals surface area (Å²) in [5, 5.41) is 4.70. The molecule has 0 aliphatic heterocycles. The third kappa shape index (κ3) is 4.89. The summed E-state index contributed by atoms with van der Waals surface area (Å²) in [7, 11) is 1.51. The Morgan fingerprint density at radius 1 is 1.30 bits per heavy atom. The van der Waals surface area contributed by atoms with Crippen LogP contribution in [0, 0.1) is 0 Å². The molecule has 0 aromatic heterocycles. The molecule has 0 atom stereocenters. The first-order valence-corrected chi connectivity index (χ1v) is 7.10. The van der Waals surface area contributed by atoms with Gasteiger partial charge in [0.1, 0.15) is 0 Å². The Balaban J connectivity index is 2.07. The molecule has 0 fully saturated rings. The summed E-state index contributed by atoms with van der Waals surface area (Å²) in [6.07, 6.45) is 1.61. The van der Waals surface area contributed by atoms with Gasteiger partial charge in [0, 0.05) is 0 Å². The maximum atomic E-state index is 10.8. The number of anilines is 1. The molecule has 2 aromatic carbocycles. The van der Waals surface area contributed by atoms with Gasteiger partial charge in [-0.05, 0) is 35.9 Å². The lowest BCUT2D eigenvalue weighted by Crippen LogP contribution is -2.20. The molecule has 3 N–H and O–H groups in total. The molecule has 23 heavy (non-hydrogen) atoms. The predicted molar refractivity (Wildman–Crippen MR) is 90.4 cm³/mol. The third-order valence-electron chi connectivity index (χ3n) is 2.83. The van der Waals surface area contributed by atoms with Crippen molar-refractivity contribution in [2.45, 2.75) is 0 Å². The van der Waals surface area contributed by atoms with E-state index in [1.807, 2.05) is 18.2 Å². The molecule has 0 radical (unpaired) electrons. The molecule has 0 bridgehead atoms. The fourth-order valence-corrected chi connectivity index (χ4v) is 1.94. The fraction of sp³-hybridized carbons (Fsp3) is 0.125. The van der Waals surface area contributed by atoms with E-state index in [2.05, 4.69) is 10.5 Å². The molecule has 0 saturated carbocycles. The van der Waals surface area contributed by atoms with Crippen molar-refractivity contribution in [1.82, 2.24) is 0 Å². The van der Waals surface area contributed by atoms with E-state index >= 15 is 0 Å². The molecular formula is C16H16ClN3O3. The minimum Gasteiger partial charge on any atom is -0.493 e. The number of ether oxygens (including phenoxy) is 2. The van der Waals surface area contributed by atoms with Crippen molar-refractivity contribution in [3.63, 3.8) is 0 Å². The number of carbonyl (C=O) groups is 1. The molecule has 0 saturated heterocycles. The summed E-state index contributed by atoms with van der Waals surface area (Å²) in [6, 6.07) is 12.5. The first-order valence-electron chi connectivity index (χ1n) is 6.73. The number of methoxy groups -OCH3 is 1. The third-order valence-corrected chi connectivity index (χ3v) is 3.16. The topological polar surface area (TPSA) is 85.9 Å². The van der Waals surface area contributed by atoms with E-state index in [9.17, 15) is 4.79 Å². The molecule has 0 unspecified atom stereocenters. The zero-order valence-electron chi connectivity index (χ0n) is 12.5. The Morgan fingerprint density at radius 2 is 2.09 bits per heavy atom. The van der Waals surface area contributed by atoms with E-state index in [4.69, 9.17) is 26.8 Å². The van der Waals surface area contributed by atoms with Gasteiger partial charge in [-0.2, -0.15) is 5.10 Å². The first-order chi connectivity index (χ1) is 11.1. The summed E-state index contributed by atoms with van der Waals surface area (Å²) in [5.74, 6) is 0.358. The molecule has 0 aliphatic rings. The molecule has 0 aliphatic carbocycles. The highest BCUT2D eigenvalue weighted by atomic mass is 35.5. The Kier molecular flexibility index (Phi) is 5.82. The van der Waals surface area contributed by atoms with Crippen molar-refractivity contribution in [2.75, 3.05) is 19.1 Å². The molecule has 120 valence electrons. The standard InChI is InChI=1S/C16H16ClN3O3/c1-22-15-8-11(6-7-14(15)23-10-16(18)21)9-19-20-13-5-3-2-4-12(13)17/h2-9,20H,10H2,1H3,(H2,18,21)/b19-9-. The summed E-state index contributed by atoms with van der Waals surface area (Å²) in [5.41, 5.74) is 9.40. The SMILES string of the molecule is COc1cc(/C=N\Nc2ccccc2Cl)ccc1OCC(N)=O. The van der Waals surface area contributed by atoms with Crippen LogP contribution in [0.3, 0.4) is 0 Å². The number of hydrazone groups is 1. The lowest BCUT2D eigenvalue weighted by Gasteiger charge is -2.09. The van der Waals surface area contributed by atoms with E-state index in [0.29, 0.717) is 22.2 Å². The highest BCUT2D eigenvalue weighted by molar-refractivity contribution is 6.33. The number of carbonyl (C=O) groups excluding carboxylic acids is 1. The molecular weight excluding hydrogens is 318 g/mol. The van der Waals surface area contributed by atoms with Crippen molar-refractivity contribution < 1.29 is 14.3 Å². The Hall–Kier alpha value is -2.73. The van der Waals surface area contributed by atoms with Crippen molar-refractivity contribution in [3.05, 3.63) is 53.1 Å². The number of primary amides is 1. The van der Waals surface area contributed by atoms with Gasteiger partial charge in [0.2, 0.25) is 0 Å². The average Bonchev–Trinajstić information content (AvgIpc) is 2.55. The number of nitrogens with one attached hydrogen (secondary N) is 1. The predicted octanol–water partition coefficient (Wildman–Crippen LogP) is 2.66. The number of para-hydroxylation sites is 1. The maximum absolute atomic E-state index is 10.8. The van der Waals surface area contributed by atoms with Crippen LogP contribution >= 0.6 is 11.6 Å². The van der Waals surface area contributed by atoms with Crippen LogP contribution in [0.1, 0.15) is 5.56 Å². The minimum atomic E-state index is -0.554. The van der Waals surface area contributed by atoms with Gasteiger partial charge < -0.3 is 15.2 Å². The van der Waals surface area contributed by atoms with Crippen LogP contribution in [0.2, 0.25) is 5.02 Å². The Labute approximate surface area is 138 Å². The van der Waals surface area contributed by atoms with E-state index in [0.717, 1.165) is 5.56 Å². The van der Waals surface area contributed by atoms with Crippen LogP contribution < -0.4 is 20.6 Å². The number of halogens is 1. The quantitative estimate of drug-likeness (QED) is 0.602. The van der Waals surface area contributed by atoms with Crippen molar-refractivity contribution in [1.29, 1.82) is 0 Å². The number of hydrogen-bond donors (Lipinski definition) is 2. The number of nitrogens with two attached hydrogens (primary N) is 1.